The second-order valence-electron chi connectivity index (χ2n) is 9.15. The average molecular weight is 520 g/mol. The number of ether oxygens (including phenoxy) is 3. The first-order chi connectivity index (χ1) is 17.7. The molecule has 3 aromatic rings. The first-order valence-electron chi connectivity index (χ1n) is 11.8. The zero-order valence-corrected chi connectivity index (χ0v) is 20.6. The first kappa shape index (κ1) is 26.8. The second kappa shape index (κ2) is 11.4. The van der Waals surface area contributed by atoms with Gasteiger partial charge in [-0.05, 0) is 17.7 Å². The number of aliphatic hydroxyl groups is 1. The molecular formula is C26H28F3N3O5. The van der Waals surface area contributed by atoms with Crippen LogP contribution in [0.15, 0.2) is 48.7 Å². The molecule has 1 saturated heterocycles. The van der Waals surface area contributed by atoms with E-state index in [9.17, 15) is 23.1 Å². The van der Waals surface area contributed by atoms with Crippen molar-refractivity contribution in [1.29, 1.82) is 0 Å². The van der Waals surface area contributed by atoms with Crippen molar-refractivity contribution in [2.24, 2.45) is 11.8 Å². The van der Waals surface area contributed by atoms with E-state index in [0.717, 1.165) is 17.7 Å². The minimum atomic E-state index is -1.57. The van der Waals surface area contributed by atoms with Crippen LogP contribution in [-0.4, -0.2) is 58.1 Å². The molecule has 1 aromatic heterocycles. The van der Waals surface area contributed by atoms with Gasteiger partial charge in [-0.25, -0.2) is 22.6 Å². The fourth-order valence-electron chi connectivity index (χ4n) is 4.76. The molecule has 0 spiro atoms. The van der Waals surface area contributed by atoms with Gasteiger partial charge in [-0.15, -0.1) is 5.10 Å². The summed E-state index contributed by atoms with van der Waals surface area (Å²) in [4.78, 5) is 12.1. The van der Waals surface area contributed by atoms with Gasteiger partial charge in [0.05, 0.1) is 44.8 Å². The van der Waals surface area contributed by atoms with Crippen LogP contribution in [0, 0.1) is 29.3 Å². The molecule has 2 aromatic carbocycles. The fraction of sp³-hybridized carbons (Fsp3) is 0.423. The van der Waals surface area contributed by atoms with E-state index in [4.69, 9.17) is 14.2 Å². The summed E-state index contributed by atoms with van der Waals surface area (Å²) in [7, 11) is 1.17. The van der Waals surface area contributed by atoms with E-state index >= 15 is 0 Å². The highest BCUT2D eigenvalue weighted by atomic mass is 19.2. The van der Waals surface area contributed by atoms with Crippen LogP contribution in [-0.2, 0) is 25.6 Å². The highest BCUT2D eigenvalue weighted by Crippen LogP contribution is 2.40. The lowest BCUT2D eigenvalue weighted by molar-refractivity contribution is -0.200. The van der Waals surface area contributed by atoms with Gasteiger partial charge < -0.3 is 19.3 Å². The van der Waals surface area contributed by atoms with E-state index in [1.165, 1.54) is 18.0 Å². The molecule has 1 fully saturated rings. The van der Waals surface area contributed by atoms with E-state index in [1.807, 2.05) is 37.3 Å². The van der Waals surface area contributed by atoms with Gasteiger partial charge in [0.15, 0.2) is 23.6 Å². The van der Waals surface area contributed by atoms with Crippen molar-refractivity contribution in [3.63, 3.8) is 0 Å². The summed E-state index contributed by atoms with van der Waals surface area (Å²) in [6.07, 6.45) is -1.57. The van der Waals surface area contributed by atoms with Crippen molar-refractivity contribution < 1.29 is 37.3 Å². The Morgan fingerprint density at radius 3 is 2.46 bits per heavy atom. The van der Waals surface area contributed by atoms with Crippen molar-refractivity contribution in [2.45, 2.75) is 44.8 Å². The molecule has 37 heavy (non-hydrogen) atoms. The predicted octanol–water partition coefficient (Wildman–Crippen LogP) is 3.69. The van der Waals surface area contributed by atoms with Crippen molar-refractivity contribution in [1.82, 2.24) is 15.0 Å². The summed E-state index contributed by atoms with van der Waals surface area (Å²) >= 11 is 0. The van der Waals surface area contributed by atoms with Crippen LogP contribution < -0.4 is 0 Å². The van der Waals surface area contributed by atoms with Gasteiger partial charge in [0, 0.05) is 17.4 Å². The minimum absolute atomic E-state index is 0.0175. The van der Waals surface area contributed by atoms with Gasteiger partial charge in [0.25, 0.3) is 0 Å². The third kappa shape index (κ3) is 5.68. The van der Waals surface area contributed by atoms with Crippen molar-refractivity contribution in [3.05, 3.63) is 71.7 Å². The molecule has 0 radical (unpaired) electrons. The molecule has 6 atom stereocenters. The van der Waals surface area contributed by atoms with Crippen LogP contribution in [0.5, 0.6) is 0 Å². The van der Waals surface area contributed by atoms with E-state index in [2.05, 4.69) is 10.3 Å². The maximum absolute atomic E-state index is 13.8. The van der Waals surface area contributed by atoms with Crippen LogP contribution in [0.4, 0.5) is 13.2 Å². The minimum Gasteiger partial charge on any atom is -0.467 e. The third-order valence-corrected chi connectivity index (χ3v) is 6.76. The Morgan fingerprint density at radius 1 is 1.14 bits per heavy atom. The average Bonchev–Trinajstić information content (AvgIpc) is 3.38. The Labute approximate surface area is 212 Å². The number of hydrogen-bond acceptors (Lipinski definition) is 7. The van der Waals surface area contributed by atoms with Gasteiger partial charge in [-0.3, -0.25) is 0 Å². The predicted molar refractivity (Wildman–Crippen MR) is 125 cm³/mol. The van der Waals surface area contributed by atoms with Crippen LogP contribution >= 0.6 is 0 Å². The van der Waals surface area contributed by atoms with Gasteiger partial charge in [-0.1, -0.05) is 49.4 Å². The smallest absolute Gasteiger partial charge is 0.337 e. The molecule has 2 unspecified atom stereocenters. The molecule has 4 rings (SSSR count). The fourth-order valence-corrected chi connectivity index (χ4v) is 4.76. The van der Waals surface area contributed by atoms with Crippen molar-refractivity contribution in [2.75, 3.05) is 13.7 Å². The number of nitrogens with zero attached hydrogens (tertiary/aromatic N) is 3. The van der Waals surface area contributed by atoms with Gasteiger partial charge in [0.1, 0.15) is 5.69 Å². The highest BCUT2D eigenvalue weighted by molar-refractivity contribution is 5.75. The van der Waals surface area contributed by atoms with Crippen LogP contribution in [0.1, 0.15) is 25.5 Å². The summed E-state index contributed by atoms with van der Waals surface area (Å²) < 4.78 is 59.2. The monoisotopic (exact) mass is 519 g/mol. The summed E-state index contributed by atoms with van der Waals surface area (Å²) in [5.41, 5.74) is 1.12. The number of esters is 1. The van der Waals surface area contributed by atoms with Crippen LogP contribution in [0.25, 0.3) is 11.3 Å². The number of halogens is 3. The van der Waals surface area contributed by atoms with E-state index in [1.54, 1.807) is 6.92 Å². The SMILES string of the molecule is COC(=O)[C@@H](O)[C@@H]1OC(COCc2ccccc2)[C@H](C)[C@H](n2cc(-c3cc(F)c(F)c(F)c3)nn2)C1C. The van der Waals surface area contributed by atoms with Crippen molar-refractivity contribution >= 4 is 5.97 Å². The summed E-state index contributed by atoms with van der Waals surface area (Å²) in [6, 6.07) is 10.8. The summed E-state index contributed by atoms with van der Waals surface area (Å²) in [5.74, 6) is -5.77. The normalized spacial score (nSPS) is 24.6. The number of hydrogen-bond donors (Lipinski definition) is 1. The number of aliphatic hydroxyl groups excluding tert-OH is 1. The summed E-state index contributed by atoms with van der Waals surface area (Å²) in [5, 5.41) is 18.8. The Hall–Kier alpha value is -3.28. The van der Waals surface area contributed by atoms with Crippen LogP contribution in [0.3, 0.4) is 0 Å². The molecule has 1 aliphatic rings. The number of aromatic nitrogens is 3. The molecule has 1 aliphatic heterocycles. The molecule has 2 heterocycles. The maximum Gasteiger partial charge on any atom is 0.337 e. The molecule has 0 bridgehead atoms. The Morgan fingerprint density at radius 2 is 1.81 bits per heavy atom. The maximum atomic E-state index is 13.8. The Kier molecular flexibility index (Phi) is 8.25. The number of methoxy groups -OCH3 is 1. The molecule has 8 nitrogen and oxygen atoms in total. The van der Waals surface area contributed by atoms with E-state index in [0.29, 0.717) is 6.61 Å². The number of rotatable bonds is 8. The molecule has 11 heteroatoms. The zero-order valence-electron chi connectivity index (χ0n) is 20.6. The molecule has 0 aliphatic carbocycles. The molecule has 198 valence electrons. The van der Waals surface area contributed by atoms with Crippen molar-refractivity contribution in [3.8, 4) is 11.3 Å². The van der Waals surface area contributed by atoms with Gasteiger partial charge in [0.2, 0.25) is 0 Å². The topological polar surface area (TPSA) is 95.7 Å². The third-order valence-electron chi connectivity index (χ3n) is 6.76. The number of benzene rings is 2. The van der Waals surface area contributed by atoms with Crippen LogP contribution in [0.2, 0.25) is 0 Å². The highest BCUT2D eigenvalue weighted by Gasteiger charge is 2.47. The quantitative estimate of drug-likeness (QED) is 0.358. The molecule has 0 amide bonds. The Bertz CT molecular complexity index is 1200. The van der Waals surface area contributed by atoms with Gasteiger partial charge >= 0.3 is 5.97 Å². The van der Waals surface area contributed by atoms with E-state index in [-0.39, 0.29) is 23.8 Å². The lowest BCUT2D eigenvalue weighted by atomic mass is 9.79. The number of carbonyl (C=O) groups excluding carboxylic acids is 1. The van der Waals surface area contributed by atoms with Gasteiger partial charge in [-0.2, -0.15) is 0 Å². The summed E-state index contributed by atoms with van der Waals surface area (Å²) in [6.45, 7) is 4.21. The standard InChI is InChI=1S/C26H28F3N3O5/c1-14-21(13-36-12-16-7-5-4-6-8-16)37-25(24(33)26(34)35-3)15(2)23(14)32-11-20(30-31-32)17-9-18(27)22(29)19(28)10-17/h4-11,14-15,21,23-25,33H,12-13H2,1-3H3/t14-,15?,21?,23-,24-,25+/m0/s1. The molecular weight excluding hydrogens is 491 g/mol. The van der Waals surface area contributed by atoms with E-state index < -0.39 is 53.7 Å². The molecule has 0 saturated carbocycles. The second-order valence-corrected chi connectivity index (χ2v) is 9.15. The largest absolute Gasteiger partial charge is 0.467 e. The Balaban J connectivity index is 1.60. The molecule has 1 N–H and O–H groups in total. The lowest BCUT2D eigenvalue weighted by Gasteiger charge is -2.45. The zero-order chi connectivity index (χ0) is 26.7. The number of carbonyl (C=O) groups is 1. The first-order valence-corrected chi connectivity index (χ1v) is 11.8. The lowest BCUT2D eigenvalue weighted by Crippen LogP contribution is -2.54.